The van der Waals surface area contributed by atoms with Crippen molar-refractivity contribution in [3.05, 3.63) is 56.2 Å². The molecule has 1 aliphatic rings. The molecule has 0 spiro atoms. The van der Waals surface area contributed by atoms with Crippen LogP contribution in [0.25, 0.3) is 0 Å². The van der Waals surface area contributed by atoms with Crippen molar-refractivity contribution in [3.63, 3.8) is 0 Å². The number of likely N-dealkylation sites (N-methyl/N-ethyl adjacent to an activating group) is 1. The molecule has 0 saturated carbocycles. The smallest absolute Gasteiger partial charge is 0.329 e. The Kier molecular flexibility index (Phi) is 8.02. The summed E-state index contributed by atoms with van der Waals surface area (Å²) in [4.78, 5) is 41.3. The lowest BCUT2D eigenvalue weighted by molar-refractivity contribution is -0.121. The molecule has 0 fully saturated rings. The average molecular weight is 430 g/mol. The Hall–Kier alpha value is -2.91. The van der Waals surface area contributed by atoms with E-state index in [4.69, 9.17) is 5.11 Å². The molecule has 1 amide bonds. The highest BCUT2D eigenvalue weighted by molar-refractivity contribution is 5.75. The summed E-state index contributed by atoms with van der Waals surface area (Å²) in [5.74, 6) is 0.228. The molecule has 4 N–H and O–H groups in total. The number of aromatic nitrogens is 2. The Labute approximate surface area is 181 Å². The molecular formula is C22H31N5O4. The number of nitrogens with one attached hydrogen (secondary N) is 3. The van der Waals surface area contributed by atoms with E-state index in [1.165, 1.54) is 17.2 Å². The zero-order chi connectivity index (χ0) is 22.2. The van der Waals surface area contributed by atoms with Crippen molar-refractivity contribution in [1.82, 2.24) is 19.8 Å². The van der Waals surface area contributed by atoms with E-state index in [-0.39, 0.29) is 25.5 Å². The van der Waals surface area contributed by atoms with Crippen LogP contribution in [-0.4, -0.2) is 58.8 Å². The number of aliphatic hydroxyl groups is 1. The molecule has 0 bridgehead atoms. The van der Waals surface area contributed by atoms with E-state index in [1.807, 2.05) is 18.0 Å². The van der Waals surface area contributed by atoms with Gasteiger partial charge in [-0.05, 0) is 56.0 Å². The molecule has 1 aromatic heterocycles. The first-order valence-corrected chi connectivity index (χ1v) is 10.8. The fraction of sp³-hybridized carbons (Fsp3) is 0.500. The van der Waals surface area contributed by atoms with Gasteiger partial charge >= 0.3 is 5.69 Å². The monoisotopic (exact) mass is 429 g/mol. The minimum absolute atomic E-state index is 0.0787. The van der Waals surface area contributed by atoms with Gasteiger partial charge in [0.2, 0.25) is 5.91 Å². The van der Waals surface area contributed by atoms with Crippen LogP contribution in [0.2, 0.25) is 0 Å². The van der Waals surface area contributed by atoms with Gasteiger partial charge in [0, 0.05) is 44.4 Å². The van der Waals surface area contributed by atoms with Gasteiger partial charge in [-0.25, -0.2) is 4.79 Å². The third kappa shape index (κ3) is 6.53. The maximum atomic E-state index is 12.4. The highest BCUT2D eigenvalue weighted by Gasteiger charge is 2.12. The Morgan fingerprint density at radius 3 is 2.77 bits per heavy atom. The second kappa shape index (κ2) is 10.9. The van der Waals surface area contributed by atoms with Crippen LogP contribution in [-0.2, 0) is 24.2 Å². The fourth-order valence-electron chi connectivity index (χ4n) is 3.76. The molecule has 0 radical (unpaired) electrons. The van der Waals surface area contributed by atoms with Crippen molar-refractivity contribution in [1.29, 1.82) is 0 Å². The first-order valence-electron chi connectivity index (χ1n) is 10.8. The second-order valence-electron chi connectivity index (χ2n) is 7.92. The third-order valence-electron chi connectivity index (χ3n) is 5.48. The summed E-state index contributed by atoms with van der Waals surface area (Å²) in [6.45, 7) is 1.93. The van der Waals surface area contributed by atoms with Gasteiger partial charge in [-0.2, -0.15) is 0 Å². The molecule has 3 rings (SSSR count). The minimum Gasteiger partial charge on any atom is -0.395 e. The van der Waals surface area contributed by atoms with E-state index in [2.05, 4.69) is 27.8 Å². The summed E-state index contributed by atoms with van der Waals surface area (Å²) in [6, 6.07) is 7.46. The average Bonchev–Trinajstić information content (AvgIpc) is 3.18. The molecule has 1 heterocycles. The van der Waals surface area contributed by atoms with Crippen molar-refractivity contribution in [3.8, 4) is 0 Å². The van der Waals surface area contributed by atoms with Gasteiger partial charge in [-0.3, -0.25) is 19.1 Å². The van der Waals surface area contributed by atoms with Gasteiger partial charge in [-0.1, -0.05) is 6.07 Å². The first kappa shape index (κ1) is 22.8. The number of benzene rings is 1. The van der Waals surface area contributed by atoms with Crippen LogP contribution < -0.4 is 21.9 Å². The summed E-state index contributed by atoms with van der Waals surface area (Å²) < 4.78 is 1.11. The zero-order valence-electron chi connectivity index (χ0n) is 17.9. The second-order valence-corrected chi connectivity index (χ2v) is 7.92. The number of carbonyl (C=O) groups is 1. The number of carbonyl (C=O) groups excluding carboxylic acids is 1. The molecule has 31 heavy (non-hydrogen) atoms. The Balaban J connectivity index is 1.50. The molecule has 0 unspecified atom stereocenters. The number of rotatable bonds is 11. The van der Waals surface area contributed by atoms with Crippen molar-refractivity contribution in [2.24, 2.45) is 0 Å². The van der Waals surface area contributed by atoms with Gasteiger partial charge in [0.15, 0.2) is 0 Å². The van der Waals surface area contributed by atoms with Crippen LogP contribution in [0.4, 0.5) is 11.5 Å². The highest BCUT2D eigenvalue weighted by atomic mass is 16.3. The van der Waals surface area contributed by atoms with Crippen LogP contribution in [0.15, 0.2) is 33.9 Å². The standard InChI is InChI=1S/C22H31N5O4/c1-26(12-13-28)11-9-23-20(29)6-3-10-27-21(30)15-19(25-22(27)31)24-18-8-7-16-4-2-5-17(16)14-18/h7-8,14-15,24,28H,2-6,9-13H2,1H3,(H,23,29)(H,25,31). The molecule has 0 atom stereocenters. The molecular weight excluding hydrogens is 398 g/mol. The van der Waals surface area contributed by atoms with Gasteiger partial charge in [-0.15, -0.1) is 0 Å². The molecule has 1 aromatic carbocycles. The van der Waals surface area contributed by atoms with Gasteiger partial charge in [0.1, 0.15) is 5.82 Å². The van der Waals surface area contributed by atoms with Crippen molar-refractivity contribution in [2.75, 3.05) is 38.6 Å². The van der Waals surface area contributed by atoms with Crippen LogP contribution in [0.3, 0.4) is 0 Å². The molecule has 1 aliphatic carbocycles. The maximum absolute atomic E-state index is 12.4. The Bertz CT molecular complexity index is 982. The van der Waals surface area contributed by atoms with Crippen LogP contribution >= 0.6 is 0 Å². The summed E-state index contributed by atoms with van der Waals surface area (Å²) in [5.41, 5.74) is 2.60. The van der Waals surface area contributed by atoms with E-state index in [1.54, 1.807) is 0 Å². The number of anilines is 2. The molecule has 9 heteroatoms. The molecule has 2 aromatic rings. The highest BCUT2D eigenvalue weighted by Crippen LogP contribution is 2.25. The van der Waals surface area contributed by atoms with Crippen molar-refractivity contribution < 1.29 is 9.90 Å². The lowest BCUT2D eigenvalue weighted by Gasteiger charge is -2.15. The molecule has 168 valence electrons. The number of aryl methyl sites for hydroxylation is 2. The topological polar surface area (TPSA) is 119 Å². The van der Waals surface area contributed by atoms with E-state index in [0.29, 0.717) is 31.9 Å². The number of amides is 1. The lowest BCUT2D eigenvalue weighted by atomic mass is 10.1. The summed E-state index contributed by atoms with van der Waals surface area (Å²) in [5, 5.41) is 14.8. The molecule has 0 saturated heterocycles. The third-order valence-corrected chi connectivity index (χ3v) is 5.48. The van der Waals surface area contributed by atoms with E-state index < -0.39 is 11.2 Å². The zero-order valence-corrected chi connectivity index (χ0v) is 17.9. The van der Waals surface area contributed by atoms with Crippen molar-refractivity contribution in [2.45, 2.75) is 38.6 Å². The van der Waals surface area contributed by atoms with Gasteiger partial charge < -0.3 is 20.6 Å². The number of hydrogen-bond donors (Lipinski definition) is 4. The van der Waals surface area contributed by atoms with Gasteiger partial charge in [0.05, 0.1) is 6.61 Å². The number of aliphatic hydroxyl groups excluding tert-OH is 1. The lowest BCUT2D eigenvalue weighted by Crippen LogP contribution is -2.36. The fourth-order valence-corrected chi connectivity index (χ4v) is 3.76. The summed E-state index contributed by atoms with van der Waals surface area (Å²) in [7, 11) is 1.87. The number of H-pyrrole nitrogens is 1. The molecule has 0 aliphatic heterocycles. The number of aromatic amines is 1. The summed E-state index contributed by atoms with van der Waals surface area (Å²) >= 11 is 0. The SMILES string of the molecule is CN(CCO)CCNC(=O)CCCn1c(=O)cc(Nc2ccc3c(c2)CCC3)[nH]c1=O. The summed E-state index contributed by atoms with van der Waals surface area (Å²) in [6.07, 6.45) is 3.92. The quantitative estimate of drug-likeness (QED) is 0.415. The number of fused-ring (bicyclic) bond motifs is 1. The van der Waals surface area contributed by atoms with Gasteiger partial charge in [0.25, 0.3) is 5.56 Å². The maximum Gasteiger partial charge on any atom is 0.329 e. The van der Waals surface area contributed by atoms with E-state index in [9.17, 15) is 14.4 Å². The number of hydrogen-bond acceptors (Lipinski definition) is 6. The van der Waals surface area contributed by atoms with E-state index in [0.717, 1.165) is 29.5 Å². The normalized spacial score (nSPS) is 12.7. The van der Waals surface area contributed by atoms with Crippen molar-refractivity contribution >= 4 is 17.4 Å². The predicted molar refractivity (Wildman–Crippen MR) is 120 cm³/mol. The van der Waals surface area contributed by atoms with Crippen LogP contribution in [0, 0.1) is 0 Å². The van der Waals surface area contributed by atoms with Crippen LogP contribution in [0.5, 0.6) is 0 Å². The predicted octanol–water partition coefficient (Wildman–Crippen LogP) is 0.589. The Morgan fingerprint density at radius 2 is 2.00 bits per heavy atom. The molecule has 9 nitrogen and oxygen atoms in total. The van der Waals surface area contributed by atoms with Crippen LogP contribution in [0.1, 0.15) is 30.4 Å². The minimum atomic E-state index is -0.498. The largest absolute Gasteiger partial charge is 0.395 e. The Morgan fingerprint density at radius 1 is 1.19 bits per heavy atom. The first-order chi connectivity index (χ1) is 15.0. The number of nitrogens with zero attached hydrogens (tertiary/aromatic N) is 2. The van der Waals surface area contributed by atoms with E-state index >= 15 is 0 Å².